The lowest BCUT2D eigenvalue weighted by atomic mass is 9.54. The molecule has 0 saturated heterocycles. The van der Waals surface area contributed by atoms with E-state index in [-0.39, 0.29) is 24.4 Å². The molecule has 3 N–H and O–H groups in total. The second kappa shape index (κ2) is 8.33. The minimum atomic E-state index is -1.01. The summed E-state index contributed by atoms with van der Waals surface area (Å²) in [5, 5.41) is 2.87. The number of rotatable bonds is 7. The first-order chi connectivity index (χ1) is 11.7. The molecule has 0 aliphatic heterocycles. The van der Waals surface area contributed by atoms with E-state index >= 15 is 0 Å². The Morgan fingerprint density at radius 1 is 1.19 bits per heavy atom. The molecule has 2 unspecified atom stereocenters. The number of carbonyl (C=O) groups is 1. The van der Waals surface area contributed by atoms with Gasteiger partial charge in [0.2, 0.25) is 11.7 Å². The number of nitrogens with one attached hydrogen (secondary N) is 1. The largest absolute Gasteiger partial charge is 0.493 e. The van der Waals surface area contributed by atoms with Crippen molar-refractivity contribution in [2.75, 3.05) is 33.3 Å². The summed E-state index contributed by atoms with van der Waals surface area (Å²) in [5.74, 6) is 1.13. The number of hydrogen-bond donors (Lipinski definition) is 2. The van der Waals surface area contributed by atoms with Crippen LogP contribution in [-0.4, -0.2) is 45.5 Å². The summed E-state index contributed by atoms with van der Waals surface area (Å²) < 4.78 is 21.6. The number of anilines is 1. The number of ether oxygens (including phenoxy) is 4. The Hall–Kier alpha value is -1.70. The third-order valence-corrected chi connectivity index (χ3v) is 5.16. The van der Waals surface area contributed by atoms with Gasteiger partial charge in [-0.05, 0) is 6.92 Å². The van der Waals surface area contributed by atoms with Gasteiger partial charge >= 0.3 is 0 Å². The highest BCUT2D eigenvalue weighted by Gasteiger charge is 2.62. The second-order valence-corrected chi connectivity index (χ2v) is 6.71. The summed E-state index contributed by atoms with van der Waals surface area (Å²) in [6, 6.07) is 3.35. The average Bonchev–Trinajstić information content (AvgIpc) is 2.60. The van der Waals surface area contributed by atoms with Crippen LogP contribution in [0.15, 0.2) is 12.1 Å². The third kappa shape index (κ3) is 3.56. The maximum absolute atomic E-state index is 12.8. The minimum absolute atomic E-state index is 0. The highest BCUT2D eigenvalue weighted by Crippen LogP contribution is 2.50. The van der Waals surface area contributed by atoms with Gasteiger partial charge in [0.25, 0.3) is 0 Å². The van der Waals surface area contributed by atoms with Crippen molar-refractivity contribution in [1.29, 1.82) is 0 Å². The van der Waals surface area contributed by atoms with Crippen molar-refractivity contribution < 1.29 is 23.7 Å². The van der Waals surface area contributed by atoms with Crippen molar-refractivity contribution in [3.05, 3.63) is 12.1 Å². The van der Waals surface area contributed by atoms with Gasteiger partial charge in [-0.2, -0.15) is 0 Å². The van der Waals surface area contributed by atoms with E-state index in [2.05, 4.69) is 5.32 Å². The molecule has 8 heteroatoms. The zero-order valence-corrected chi connectivity index (χ0v) is 17.0. The smallest absolute Gasteiger partial charge is 0.245 e. The fourth-order valence-corrected chi connectivity index (χ4v) is 3.22. The topological polar surface area (TPSA) is 92.0 Å². The van der Waals surface area contributed by atoms with Crippen LogP contribution in [0.4, 0.5) is 5.69 Å². The summed E-state index contributed by atoms with van der Waals surface area (Å²) in [6.45, 7) is 6.43. The van der Waals surface area contributed by atoms with Crippen molar-refractivity contribution in [3.63, 3.8) is 0 Å². The van der Waals surface area contributed by atoms with E-state index in [1.54, 1.807) is 12.1 Å². The molecule has 0 heterocycles. The van der Waals surface area contributed by atoms with E-state index in [9.17, 15) is 4.79 Å². The molecule has 0 spiro atoms. The number of nitrogens with two attached hydrogens (primary N) is 1. The van der Waals surface area contributed by atoms with Crippen LogP contribution < -0.4 is 25.3 Å². The maximum atomic E-state index is 12.8. The van der Waals surface area contributed by atoms with E-state index in [1.165, 1.54) is 21.3 Å². The molecule has 2 atom stereocenters. The maximum Gasteiger partial charge on any atom is 0.245 e. The molecule has 1 amide bonds. The lowest BCUT2D eigenvalue weighted by molar-refractivity contribution is -0.166. The van der Waals surface area contributed by atoms with Gasteiger partial charge in [0.15, 0.2) is 11.5 Å². The lowest BCUT2D eigenvalue weighted by Gasteiger charge is -2.57. The number of benzene rings is 1. The Balaban J connectivity index is 0.00000338. The van der Waals surface area contributed by atoms with Crippen molar-refractivity contribution in [3.8, 4) is 17.2 Å². The second-order valence-electron chi connectivity index (χ2n) is 6.71. The van der Waals surface area contributed by atoms with Gasteiger partial charge in [0.1, 0.15) is 5.54 Å². The first kappa shape index (κ1) is 22.3. The molecule has 1 saturated carbocycles. The van der Waals surface area contributed by atoms with Crippen molar-refractivity contribution in [2.45, 2.75) is 38.8 Å². The Bertz CT molecular complexity index is 627. The number of hydrogen-bond acceptors (Lipinski definition) is 6. The van der Waals surface area contributed by atoms with Crippen LogP contribution in [0.5, 0.6) is 17.2 Å². The van der Waals surface area contributed by atoms with E-state index < -0.39 is 11.0 Å². The fraction of sp³-hybridized carbons (Fsp3) is 0.611. The molecule has 26 heavy (non-hydrogen) atoms. The number of halogens is 1. The van der Waals surface area contributed by atoms with E-state index in [1.807, 2.05) is 20.8 Å². The first-order valence-electron chi connectivity index (χ1n) is 8.27. The van der Waals surface area contributed by atoms with E-state index in [0.717, 1.165) is 0 Å². The van der Waals surface area contributed by atoms with Gasteiger partial charge in [-0.15, -0.1) is 12.4 Å². The Labute approximate surface area is 160 Å². The highest BCUT2D eigenvalue weighted by atomic mass is 35.5. The number of methoxy groups -OCH3 is 3. The minimum Gasteiger partial charge on any atom is -0.493 e. The van der Waals surface area contributed by atoms with Crippen LogP contribution in [0.1, 0.15) is 27.2 Å². The standard InChI is InChI=1S/C18H28N2O5.ClH/c1-7-25-14-10-18(19,17(14,2)3)16(21)20-11-8-12(22-4)15(24-6)13(9-11)23-5;/h8-9,14H,7,10,19H2,1-6H3,(H,20,21);1H. The predicted octanol–water partition coefficient (Wildman–Crippen LogP) is 2.61. The lowest BCUT2D eigenvalue weighted by Crippen LogP contribution is -2.74. The molecule has 0 radical (unpaired) electrons. The molecule has 7 nitrogen and oxygen atoms in total. The normalized spacial score (nSPS) is 23.3. The monoisotopic (exact) mass is 388 g/mol. The Morgan fingerprint density at radius 2 is 1.73 bits per heavy atom. The summed E-state index contributed by atoms with van der Waals surface area (Å²) >= 11 is 0. The highest BCUT2D eigenvalue weighted by molar-refractivity contribution is 6.00. The van der Waals surface area contributed by atoms with Crippen LogP contribution in [-0.2, 0) is 9.53 Å². The van der Waals surface area contributed by atoms with Crippen molar-refractivity contribution in [2.24, 2.45) is 11.1 Å². The molecule has 1 aromatic rings. The summed E-state index contributed by atoms with van der Waals surface area (Å²) in [7, 11) is 4.57. The first-order valence-corrected chi connectivity index (χ1v) is 8.27. The van der Waals surface area contributed by atoms with Crippen LogP contribution in [0, 0.1) is 5.41 Å². The zero-order valence-electron chi connectivity index (χ0n) is 16.2. The number of carbonyl (C=O) groups excluding carboxylic acids is 1. The molecule has 0 aromatic heterocycles. The van der Waals surface area contributed by atoms with E-state index in [0.29, 0.717) is 36.0 Å². The molecular formula is C18H29ClN2O5. The zero-order chi connectivity index (χ0) is 18.8. The van der Waals surface area contributed by atoms with Gasteiger partial charge < -0.3 is 30.0 Å². The fourth-order valence-electron chi connectivity index (χ4n) is 3.22. The third-order valence-electron chi connectivity index (χ3n) is 5.16. The molecule has 1 aromatic carbocycles. The van der Waals surface area contributed by atoms with Gasteiger partial charge in [-0.3, -0.25) is 4.79 Å². The quantitative estimate of drug-likeness (QED) is 0.745. The van der Waals surface area contributed by atoms with Crippen molar-refractivity contribution in [1.82, 2.24) is 0 Å². The summed E-state index contributed by atoms with van der Waals surface area (Å²) in [4.78, 5) is 12.8. The van der Waals surface area contributed by atoms with Crippen LogP contribution in [0.2, 0.25) is 0 Å². The van der Waals surface area contributed by atoms with Gasteiger partial charge in [0.05, 0.1) is 27.4 Å². The number of amides is 1. The molecule has 1 fully saturated rings. The predicted molar refractivity (Wildman–Crippen MR) is 103 cm³/mol. The van der Waals surface area contributed by atoms with Crippen molar-refractivity contribution >= 4 is 24.0 Å². The average molecular weight is 389 g/mol. The molecule has 2 rings (SSSR count). The summed E-state index contributed by atoms with van der Waals surface area (Å²) in [5.41, 5.74) is 5.47. The van der Waals surface area contributed by atoms with Crippen LogP contribution in [0.3, 0.4) is 0 Å². The van der Waals surface area contributed by atoms with Gasteiger partial charge in [0, 0.05) is 36.3 Å². The van der Waals surface area contributed by atoms with Crippen LogP contribution >= 0.6 is 12.4 Å². The van der Waals surface area contributed by atoms with E-state index in [4.69, 9.17) is 24.7 Å². The van der Waals surface area contributed by atoms with Crippen LogP contribution in [0.25, 0.3) is 0 Å². The van der Waals surface area contributed by atoms with Gasteiger partial charge in [-0.1, -0.05) is 13.8 Å². The molecule has 0 bridgehead atoms. The SMILES string of the molecule is CCOC1CC(N)(C(=O)Nc2cc(OC)c(OC)c(OC)c2)C1(C)C.Cl. The molecule has 148 valence electrons. The Kier molecular flexibility index (Phi) is 7.16. The Morgan fingerprint density at radius 3 is 2.12 bits per heavy atom. The van der Waals surface area contributed by atoms with Gasteiger partial charge in [-0.25, -0.2) is 0 Å². The molecule has 1 aliphatic carbocycles. The molecule has 1 aliphatic rings. The molecular weight excluding hydrogens is 360 g/mol. The summed E-state index contributed by atoms with van der Waals surface area (Å²) in [6.07, 6.45) is 0.442.